The molecule has 0 heterocycles. The van der Waals surface area contributed by atoms with E-state index in [1.165, 1.54) is 25.7 Å². The summed E-state index contributed by atoms with van der Waals surface area (Å²) in [5, 5.41) is 28.8. The summed E-state index contributed by atoms with van der Waals surface area (Å²) >= 11 is 0. The summed E-state index contributed by atoms with van der Waals surface area (Å²) in [4.78, 5) is 22.1. The summed E-state index contributed by atoms with van der Waals surface area (Å²) in [6, 6.07) is -1.28. The van der Waals surface area contributed by atoms with E-state index < -0.39 is 24.4 Å². The maximum absolute atomic E-state index is 11.7. The van der Waals surface area contributed by atoms with Gasteiger partial charge in [-0.15, -0.1) is 0 Å². The zero-order chi connectivity index (χ0) is 17.0. The fourth-order valence-corrected chi connectivity index (χ4v) is 2.27. The molecule has 0 rings (SSSR count). The highest BCUT2D eigenvalue weighted by molar-refractivity contribution is 5.78. The van der Waals surface area contributed by atoms with Crippen LogP contribution in [0.4, 0.5) is 0 Å². The number of hydrogen-bond acceptors (Lipinski definition) is 6. The molecule has 0 aromatic rings. The van der Waals surface area contributed by atoms with Crippen LogP contribution in [-0.2, 0) is 9.59 Å². The first-order chi connectivity index (χ1) is 10.4. The van der Waals surface area contributed by atoms with E-state index in [0.717, 1.165) is 19.3 Å². The van der Waals surface area contributed by atoms with Gasteiger partial charge in [-0.2, -0.15) is 0 Å². The third kappa shape index (κ3) is 9.25. The molecule has 0 saturated heterocycles. The number of nitrogens with two attached hydrogens (primary N) is 1. The van der Waals surface area contributed by atoms with Crippen molar-refractivity contribution in [2.75, 3.05) is 0 Å². The summed E-state index contributed by atoms with van der Waals surface area (Å²) < 4.78 is 0. The fraction of sp³-hybridized carbons (Fsp3) is 0.875. The molecule has 0 aliphatic carbocycles. The SMILES string of the molecule is CCCCCCCCCC(=O)C[C@@H](O)[C@@H](O)[C@H](O)[C@@H](N)C=O. The van der Waals surface area contributed by atoms with E-state index in [1.807, 2.05) is 0 Å². The van der Waals surface area contributed by atoms with E-state index in [-0.39, 0.29) is 12.2 Å². The molecule has 6 nitrogen and oxygen atoms in total. The Morgan fingerprint density at radius 1 is 1.00 bits per heavy atom. The topological polar surface area (TPSA) is 121 Å². The number of aliphatic hydroxyl groups excluding tert-OH is 3. The van der Waals surface area contributed by atoms with Gasteiger partial charge in [0.1, 0.15) is 24.3 Å². The Kier molecular flexibility index (Phi) is 12.2. The number of unbranched alkanes of at least 4 members (excludes halogenated alkanes) is 6. The molecule has 0 saturated carbocycles. The number of aldehydes is 1. The van der Waals surface area contributed by atoms with Crippen molar-refractivity contribution in [3.05, 3.63) is 0 Å². The summed E-state index contributed by atoms with van der Waals surface area (Å²) in [7, 11) is 0. The van der Waals surface area contributed by atoms with Crippen LogP contribution >= 0.6 is 0 Å². The Bertz CT molecular complexity index is 311. The Morgan fingerprint density at radius 3 is 2.09 bits per heavy atom. The second-order valence-electron chi connectivity index (χ2n) is 5.88. The summed E-state index contributed by atoms with van der Waals surface area (Å²) in [5.41, 5.74) is 5.26. The molecule has 0 aromatic heterocycles. The molecule has 0 bridgehead atoms. The van der Waals surface area contributed by atoms with Gasteiger partial charge >= 0.3 is 0 Å². The van der Waals surface area contributed by atoms with Crippen LogP contribution in [0.15, 0.2) is 0 Å². The van der Waals surface area contributed by atoms with Gasteiger partial charge in [-0.1, -0.05) is 45.4 Å². The molecule has 0 radical (unpaired) electrons. The quantitative estimate of drug-likeness (QED) is 0.276. The van der Waals surface area contributed by atoms with Crippen LogP contribution in [-0.4, -0.2) is 51.7 Å². The number of rotatable bonds is 14. The van der Waals surface area contributed by atoms with E-state index in [4.69, 9.17) is 5.73 Å². The Morgan fingerprint density at radius 2 is 1.55 bits per heavy atom. The molecular formula is C16H31NO5. The van der Waals surface area contributed by atoms with E-state index in [1.54, 1.807) is 0 Å². The molecule has 0 unspecified atom stereocenters. The van der Waals surface area contributed by atoms with Crippen molar-refractivity contribution >= 4 is 12.1 Å². The normalized spacial score (nSPS) is 16.8. The first kappa shape index (κ1) is 21.2. The Balaban J connectivity index is 3.84. The monoisotopic (exact) mass is 317 g/mol. The average Bonchev–Trinajstić information content (AvgIpc) is 2.51. The van der Waals surface area contributed by atoms with Crippen LogP contribution in [0.5, 0.6) is 0 Å². The minimum atomic E-state index is -1.60. The molecule has 5 N–H and O–H groups in total. The van der Waals surface area contributed by atoms with Gasteiger partial charge in [0.2, 0.25) is 0 Å². The van der Waals surface area contributed by atoms with E-state index >= 15 is 0 Å². The molecule has 0 aliphatic rings. The van der Waals surface area contributed by atoms with Crippen molar-refractivity contribution in [2.24, 2.45) is 5.73 Å². The molecule has 4 atom stereocenters. The van der Waals surface area contributed by atoms with Gasteiger partial charge in [-0.25, -0.2) is 0 Å². The number of carbonyl (C=O) groups is 2. The van der Waals surface area contributed by atoms with E-state index in [2.05, 4.69) is 6.92 Å². The number of aliphatic hydroxyl groups is 3. The van der Waals surface area contributed by atoms with Crippen molar-refractivity contribution in [3.8, 4) is 0 Å². The molecular weight excluding hydrogens is 286 g/mol. The van der Waals surface area contributed by atoms with E-state index in [0.29, 0.717) is 12.7 Å². The maximum atomic E-state index is 11.7. The molecule has 0 aliphatic heterocycles. The second kappa shape index (κ2) is 12.7. The van der Waals surface area contributed by atoms with Crippen LogP contribution < -0.4 is 5.73 Å². The largest absolute Gasteiger partial charge is 0.390 e. The van der Waals surface area contributed by atoms with Crippen molar-refractivity contribution in [1.82, 2.24) is 0 Å². The van der Waals surface area contributed by atoms with Crippen LogP contribution in [0.1, 0.15) is 64.7 Å². The molecule has 0 fully saturated rings. The van der Waals surface area contributed by atoms with Gasteiger partial charge in [0.25, 0.3) is 0 Å². The standard InChI is InChI=1S/C16H31NO5/c1-2-3-4-5-6-7-8-9-12(19)10-14(20)16(22)15(21)13(17)11-18/h11,13-16,20-22H,2-10,17H2,1H3/t13-,14+,15+,16+/m0/s1. The lowest BCUT2D eigenvalue weighted by Gasteiger charge is -2.24. The molecule has 22 heavy (non-hydrogen) atoms. The predicted octanol–water partition coefficient (Wildman–Crippen LogP) is 0.695. The third-order valence-corrected chi connectivity index (χ3v) is 3.79. The highest BCUT2D eigenvalue weighted by Crippen LogP contribution is 2.12. The van der Waals surface area contributed by atoms with Gasteiger partial charge in [-0.05, 0) is 6.42 Å². The molecule has 0 aromatic carbocycles. The van der Waals surface area contributed by atoms with Crippen LogP contribution in [0, 0.1) is 0 Å². The third-order valence-electron chi connectivity index (χ3n) is 3.79. The first-order valence-electron chi connectivity index (χ1n) is 8.20. The minimum absolute atomic E-state index is 0.160. The van der Waals surface area contributed by atoms with Gasteiger partial charge in [-0.3, -0.25) is 4.79 Å². The number of Topliss-reactive ketones (excluding diaryl/α,β-unsaturated/α-hetero) is 1. The first-order valence-corrected chi connectivity index (χ1v) is 8.20. The van der Waals surface area contributed by atoms with Crippen LogP contribution in [0.25, 0.3) is 0 Å². The van der Waals surface area contributed by atoms with Crippen molar-refractivity contribution in [2.45, 2.75) is 89.1 Å². The van der Waals surface area contributed by atoms with Gasteiger partial charge in [0.15, 0.2) is 0 Å². The van der Waals surface area contributed by atoms with Gasteiger partial charge in [0, 0.05) is 12.8 Å². The lowest BCUT2D eigenvalue weighted by atomic mass is 9.97. The predicted molar refractivity (Wildman–Crippen MR) is 84.3 cm³/mol. The Labute approximate surface area is 132 Å². The zero-order valence-electron chi connectivity index (χ0n) is 13.5. The summed E-state index contributed by atoms with van der Waals surface area (Å²) in [6.07, 6.45) is 3.54. The maximum Gasteiger partial charge on any atom is 0.139 e. The fourth-order valence-electron chi connectivity index (χ4n) is 2.27. The summed E-state index contributed by atoms with van der Waals surface area (Å²) in [6.45, 7) is 2.16. The van der Waals surface area contributed by atoms with Gasteiger partial charge in [0.05, 0.1) is 12.1 Å². The Hall–Kier alpha value is -0.820. The molecule has 6 heteroatoms. The van der Waals surface area contributed by atoms with Crippen molar-refractivity contribution < 1.29 is 24.9 Å². The number of ketones is 1. The van der Waals surface area contributed by atoms with Crippen molar-refractivity contribution in [3.63, 3.8) is 0 Å². The van der Waals surface area contributed by atoms with Crippen molar-refractivity contribution in [1.29, 1.82) is 0 Å². The number of hydrogen-bond donors (Lipinski definition) is 4. The lowest BCUT2D eigenvalue weighted by Crippen LogP contribution is -2.49. The summed E-state index contributed by atoms with van der Waals surface area (Å²) in [5.74, 6) is -0.160. The van der Waals surface area contributed by atoms with Gasteiger partial charge < -0.3 is 25.8 Å². The average molecular weight is 317 g/mol. The lowest BCUT2D eigenvalue weighted by molar-refractivity contribution is -0.126. The zero-order valence-corrected chi connectivity index (χ0v) is 13.5. The number of carbonyl (C=O) groups excluding carboxylic acids is 2. The molecule has 130 valence electrons. The smallest absolute Gasteiger partial charge is 0.139 e. The second-order valence-corrected chi connectivity index (χ2v) is 5.88. The molecule has 0 spiro atoms. The minimum Gasteiger partial charge on any atom is -0.390 e. The highest BCUT2D eigenvalue weighted by atomic mass is 16.4. The van der Waals surface area contributed by atoms with Crippen LogP contribution in [0.3, 0.4) is 0 Å². The van der Waals surface area contributed by atoms with E-state index in [9.17, 15) is 24.9 Å². The molecule has 0 amide bonds. The highest BCUT2D eigenvalue weighted by Gasteiger charge is 2.30. The van der Waals surface area contributed by atoms with Crippen LogP contribution in [0.2, 0.25) is 0 Å².